The van der Waals surface area contributed by atoms with E-state index in [4.69, 9.17) is 5.73 Å². The van der Waals surface area contributed by atoms with Crippen LogP contribution in [0, 0.1) is 0 Å². The molecule has 0 aromatic carbocycles. The van der Waals surface area contributed by atoms with Crippen LogP contribution in [0.3, 0.4) is 0 Å². The molecule has 0 fully saturated rings. The molecule has 0 aliphatic carbocycles. The molecule has 0 aliphatic rings. The van der Waals surface area contributed by atoms with E-state index in [1.54, 1.807) is 0 Å². The molecule has 0 heterocycles. The summed E-state index contributed by atoms with van der Waals surface area (Å²) in [5, 5.41) is 14.2. The van der Waals surface area contributed by atoms with E-state index in [0.29, 0.717) is 13.0 Å². The molecule has 0 amide bonds. The molecule has 1 atom stereocenters. The third kappa shape index (κ3) is 22.5. The summed E-state index contributed by atoms with van der Waals surface area (Å²) in [7, 11) is 0. The molecule has 0 unspecified atom stereocenters. The summed E-state index contributed by atoms with van der Waals surface area (Å²) in [5.74, 6) is -0.979. The van der Waals surface area contributed by atoms with Gasteiger partial charge in [0.25, 0.3) is 0 Å². The van der Waals surface area contributed by atoms with Crippen LogP contribution in [0.25, 0.3) is 0 Å². The number of carbonyl (C=O) groups is 1. The van der Waals surface area contributed by atoms with Crippen molar-refractivity contribution in [3.8, 4) is 0 Å². The first kappa shape index (κ1) is 29.6. The Balaban J connectivity index is 0. The molecule has 0 saturated carbocycles. The van der Waals surface area contributed by atoms with Gasteiger partial charge in [-0.3, -0.25) is 0 Å². The molecule has 0 aromatic heterocycles. The molecule has 156 valence electrons. The van der Waals surface area contributed by atoms with Crippen molar-refractivity contribution in [1.82, 2.24) is 5.32 Å². The van der Waals surface area contributed by atoms with Crippen molar-refractivity contribution in [2.24, 2.45) is 5.73 Å². The first-order valence-electron chi connectivity index (χ1n) is 11.4. The number of nitrogens with one attached hydrogen (secondary N) is 1. The van der Waals surface area contributed by atoms with Crippen LogP contribution in [0.15, 0.2) is 0 Å². The number of hydrogen-bond donors (Lipinski definition) is 2. The molecule has 0 aromatic rings. The van der Waals surface area contributed by atoms with Crippen molar-refractivity contribution in [3.63, 3.8) is 0 Å². The Labute approximate surface area is 191 Å². The second kappa shape index (κ2) is 24.4. The number of carboxylic acid groups (broad SMARTS) is 1. The standard InChI is InChI=1S/C22H46N2O2.Na/c1-2-3-4-5-6-7-8-9-10-11-12-13-14-17-20-24-21(22(25)26)18-15-16-19-23;/h21,24H,2-20,23H2,1H3,(H,25,26);/q;+1/p-1/t21-;/m0./s1. The average molecular weight is 393 g/mol. The minimum atomic E-state index is -0.979. The zero-order chi connectivity index (χ0) is 19.3. The van der Waals surface area contributed by atoms with Gasteiger partial charge in [0.1, 0.15) is 0 Å². The summed E-state index contributed by atoms with van der Waals surface area (Å²) >= 11 is 0. The normalized spacial score (nSPS) is 11.9. The fraction of sp³-hybridized carbons (Fsp3) is 0.955. The first-order valence-corrected chi connectivity index (χ1v) is 11.4. The van der Waals surface area contributed by atoms with Crippen molar-refractivity contribution in [2.75, 3.05) is 13.1 Å². The van der Waals surface area contributed by atoms with E-state index in [2.05, 4.69) is 12.2 Å². The Kier molecular flexibility index (Phi) is 26.8. The van der Waals surface area contributed by atoms with E-state index in [0.717, 1.165) is 25.8 Å². The van der Waals surface area contributed by atoms with E-state index in [1.165, 1.54) is 83.5 Å². The van der Waals surface area contributed by atoms with Crippen molar-refractivity contribution >= 4 is 5.97 Å². The topological polar surface area (TPSA) is 78.2 Å². The summed E-state index contributed by atoms with van der Waals surface area (Å²) in [4.78, 5) is 11.1. The number of hydrogen-bond acceptors (Lipinski definition) is 4. The minimum absolute atomic E-state index is 0. The van der Waals surface area contributed by atoms with Gasteiger partial charge in [-0.1, -0.05) is 96.8 Å². The second-order valence-corrected chi connectivity index (χ2v) is 7.71. The quantitative estimate of drug-likeness (QED) is 0.228. The van der Waals surface area contributed by atoms with Gasteiger partial charge in [-0.05, 0) is 32.4 Å². The van der Waals surface area contributed by atoms with Crippen molar-refractivity contribution < 1.29 is 39.5 Å². The van der Waals surface area contributed by atoms with Crippen molar-refractivity contribution in [1.29, 1.82) is 0 Å². The fourth-order valence-electron chi connectivity index (χ4n) is 3.39. The molecular formula is C22H45N2NaO2. The van der Waals surface area contributed by atoms with E-state index >= 15 is 0 Å². The van der Waals surface area contributed by atoms with E-state index in [1.807, 2.05) is 0 Å². The van der Waals surface area contributed by atoms with E-state index in [9.17, 15) is 9.90 Å². The van der Waals surface area contributed by atoms with Gasteiger partial charge in [-0.15, -0.1) is 0 Å². The largest absolute Gasteiger partial charge is 1.00 e. The monoisotopic (exact) mass is 392 g/mol. The van der Waals surface area contributed by atoms with Gasteiger partial charge in [0.05, 0.1) is 5.97 Å². The molecule has 4 nitrogen and oxygen atoms in total. The zero-order valence-electron chi connectivity index (χ0n) is 18.4. The summed E-state index contributed by atoms with van der Waals surface area (Å²) < 4.78 is 0. The van der Waals surface area contributed by atoms with Crippen LogP contribution in [-0.2, 0) is 4.79 Å². The molecule has 0 rings (SSSR count). The number of nitrogens with two attached hydrogens (primary N) is 1. The maximum absolute atomic E-state index is 11.1. The minimum Gasteiger partial charge on any atom is -0.548 e. The van der Waals surface area contributed by atoms with Crippen LogP contribution in [0.5, 0.6) is 0 Å². The predicted molar refractivity (Wildman–Crippen MR) is 110 cm³/mol. The van der Waals surface area contributed by atoms with E-state index in [-0.39, 0.29) is 29.6 Å². The van der Waals surface area contributed by atoms with Crippen molar-refractivity contribution in [2.45, 2.75) is 122 Å². The zero-order valence-corrected chi connectivity index (χ0v) is 20.4. The van der Waals surface area contributed by atoms with Crippen LogP contribution < -0.4 is 45.7 Å². The van der Waals surface area contributed by atoms with Crippen LogP contribution in [0.1, 0.15) is 116 Å². The summed E-state index contributed by atoms with van der Waals surface area (Å²) in [6.45, 7) is 3.67. The number of unbranched alkanes of at least 4 members (excludes halogenated alkanes) is 14. The van der Waals surface area contributed by atoms with Gasteiger partial charge in [0, 0.05) is 6.04 Å². The van der Waals surface area contributed by atoms with Crippen LogP contribution in [0.2, 0.25) is 0 Å². The maximum Gasteiger partial charge on any atom is 1.00 e. The molecule has 0 saturated heterocycles. The summed E-state index contributed by atoms with van der Waals surface area (Å²) in [5.41, 5.74) is 5.44. The summed E-state index contributed by atoms with van der Waals surface area (Å²) in [6.07, 6.45) is 21.1. The Bertz CT molecular complexity index is 304. The third-order valence-electron chi connectivity index (χ3n) is 5.15. The summed E-state index contributed by atoms with van der Waals surface area (Å²) in [6, 6.07) is -0.511. The SMILES string of the molecule is CCCCCCCCCCCCCCCCN[C@@H](CCCCN)C(=O)[O-].[Na+]. The Morgan fingerprint density at radius 3 is 1.63 bits per heavy atom. The van der Waals surface area contributed by atoms with Gasteiger partial charge < -0.3 is 21.0 Å². The first-order chi connectivity index (χ1) is 12.7. The van der Waals surface area contributed by atoms with Crippen LogP contribution >= 0.6 is 0 Å². The van der Waals surface area contributed by atoms with Gasteiger partial charge >= 0.3 is 29.6 Å². The molecule has 5 heteroatoms. The second-order valence-electron chi connectivity index (χ2n) is 7.71. The Hall–Kier alpha value is 0.390. The molecule has 0 spiro atoms. The average Bonchev–Trinajstić information content (AvgIpc) is 2.63. The number of carboxylic acids is 1. The van der Waals surface area contributed by atoms with Gasteiger partial charge in [-0.2, -0.15) is 0 Å². The molecule has 0 aliphatic heterocycles. The third-order valence-corrected chi connectivity index (χ3v) is 5.15. The van der Waals surface area contributed by atoms with Gasteiger partial charge in [0.15, 0.2) is 0 Å². The Morgan fingerprint density at radius 1 is 0.778 bits per heavy atom. The van der Waals surface area contributed by atoms with Gasteiger partial charge in [-0.25, -0.2) is 0 Å². The fourth-order valence-corrected chi connectivity index (χ4v) is 3.39. The molecular weight excluding hydrogens is 347 g/mol. The van der Waals surface area contributed by atoms with E-state index < -0.39 is 12.0 Å². The number of rotatable bonds is 21. The predicted octanol–water partition coefficient (Wildman–Crippen LogP) is 1.31. The van der Waals surface area contributed by atoms with Gasteiger partial charge in [0.2, 0.25) is 0 Å². The van der Waals surface area contributed by atoms with Crippen molar-refractivity contribution in [3.05, 3.63) is 0 Å². The smallest absolute Gasteiger partial charge is 0.548 e. The van der Waals surface area contributed by atoms with Crippen LogP contribution in [0.4, 0.5) is 0 Å². The molecule has 27 heavy (non-hydrogen) atoms. The number of aliphatic carboxylic acids is 1. The van der Waals surface area contributed by atoms with Crippen LogP contribution in [-0.4, -0.2) is 25.1 Å². The molecule has 3 N–H and O–H groups in total. The molecule has 0 radical (unpaired) electrons. The Morgan fingerprint density at radius 2 is 1.22 bits per heavy atom. The number of carbonyl (C=O) groups excluding carboxylic acids is 1. The maximum atomic E-state index is 11.1. The molecule has 0 bridgehead atoms.